The molecule has 0 bridgehead atoms. The van der Waals surface area contributed by atoms with Gasteiger partial charge in [0.1, 0.15) is 6.10 Å². The molecule has 0 unspecified atom stereocenters. The number of rotatable bonds is 6. The molecule has 0 saturated carbocycles. The molecule has 1 aliphatic rings. The van der Waals surface area contributed by atoms with E-state index in [1.54, 1.807) is 6.08 Å². The molecular formula is C11H16O2. The summed E-state index contributed by atoms with van der Waals surface area (Å²) in [6, 6.07) is 0. The van der Waals surface area contributed by atoms with Crippen LogP contribution >= 0.6 is 0 Å². The SMILES string of the molecule is C=CC=CCC=CC[C@H]1O[C@H]1CO. The Labute approximate surface area is 79.2 Å². The normalized spacial score (nSPS) is 27.2. The van der Waals surface area contributed by atoms with Crippen LogP contribution in [0.25, 0.3) is 0 Å². The van der Waals surface area contributed by atoms with E-state index in [4.69, 9.17) is 9.84 Å². The average molecular weight is 180 g/mol. The zero-order valence-corrected chi connectivity index (χ0v) is 7.73. The van der Waals surface area contributed by atoms with E-state index in [1.165, 1.54) is 0 Å². The van der Waals surface area contributed by atoms with Gasteiger partial charge in [-0.1, -0.05) is 37.0 Å². The van der Waals surface area contributed by atoms with Crippen LogP contribution in [-0.4, -0.2) is 23.9 Å². The fourth-order valence-electron chi connectivity index (χ4n) is 1.13. The van der Waals surface area contributed by atoms with Gasteiger partial charge in [0, 0.05) is 0 Å². The first-order chi connectivity index (χ1) is 6.38. The largest absolute Gasteiger partial charge is 0.394 e. The van der Waals surface area contributed by atoms with Gasteiger partial charge in [0.2, 0.25) is 0 Å². The van der Waals surface area contributed by atoms with E-state index in [2.05, 4.69) is 18.7 Å². The minimum absolute atomic E-state index is 0.0911. The lowest BCUT2D eigenvalue weighted by Crippen LogP contribution is -1.97. The lowest BCUT2D eigenvalue weighted by atomic mass is 10.2. The molecule has 1 heterocycles. The fourth-order valence-corrected chi connectivity index (χ4v) is 1.13. The Morgan fingerprint density at radius 1 is 1.23 bits per heavy atom. The zero-order chi connectivity index (χ0) is 9.52. The molecule has 0 aliphatic carbocycles. The van der Waals surface area contributed by atoms with Gasteiger partial charge in [-0.15, -0.1) is 0 Å². The zero-order valence-electron chi connectivity index (χ0n) is 7.73. The minimum Gasteiger partial charge on any atom is -0.394 e. The Morgan fingerprint density at radius 3 is 2.69 bits per heavy atom. The summed E-state index contributed by atoms with van der Waals surface area (Å²) in [5.41, 5.74) is 0. The molecule has 0 aromatic rings. The van der Waals surface area contributed by atoms with Gasteiger partial charge in [-0.05, 0) is 12.8 Å². The van der Waals surface area contributed by atoms with E-state index < -0.39 is 0 Å². The molecule has 0 aromatic heterocycles. The van der Waals surface area contributed by atoms with Gasteiger partial charge in [0.25, 0.3) is 0 Å². The summed E-state index contributed by atoms with van der Waals surface area (Å²) < 4.78 is 5.16. The molecule has 2 atom stereocenters. The highest BCUT2D eigenvalue weighted by molar-refractivity contribution is 5.02. The van der Waals surface area contributed by atoms with Crippen molar-refractivity contribution in [1.82, 2.24) is 0 Å². The highest BCUT2D eigenvalue weighted by Crippen LogP contribution is 2.24. The standard InChI is InChI=1S/C11H16O2/c1-2-3-4-5-6-7-8-10-11(9-12)13-10/h2-4,6-7,10-12H,1,5,8-9H2/t10-,11+/m1/s1. The van der Waals surface area contributed by atoms with Crippen molar-refractivity contribution in [3.8, 4) is 0 Å². The quantitative estimate of drug-likeness (QED) is 0.384. The molecule has 0 amide bonds. The molecule has 1 fully saturated rings. The maximum atomic E-state index is 8.68. The minimum atomic E-state index is 0.0911. The van der Waals surface area contributed by atoms with Crippen molar-refractivity contribution in [3.05, 3.63) is 37.0 Å². The third kappa shape index (κ3) is 4.06. The summed E-state index contributed by atoms with van der Waals surface area (Å²) in [6.07, 6.45) is 12.1. The van der Waals surface area contributed by atoms with Gasteiger partial charge in [-0.25, -0.2) is 0 Å². The van der Waals surface area contributed by atoms with Crippen LogP contribution in [0.15, 0.2) is 37.0 Å². The van der Waals surface area contributed by atoms with Crippen LogP contribution in [0.5, 0.6) is 0 Å². The van der Waals surface area contributed by atoms with E-state index in [0.717, 1.165) is 12.8 Å². The maximum absolute atomic E-state index is 8.68. The van der Waals surface area contributed by atoms with E-state index in [-0.39, 0.29) is 18.8 Å². The number of aliphatic hydroxyl groups is 1. The molecule has 13 heavy (non-hydrogen) atoms. The fraction of sp³-hybridized carbons (Fsp3) is 0.455. The average Bonchev–Trinajstić information content (AvgIpc) is 2.90. The van der Waals surface area contributed by atoms with E-state index in [9.17, 15) is 0 Å². The molecule has 0 aromatic carbocycles. The van der Waals surface area contributed by atoms with Crippen LogP contribution in [0.3, 0.4) is 0 Å². The number of allylic oxidation sites excluding steroid dienone is 4. The topological polar surface area (TPSA) is 32.8 Å². The van der Waals surface area contributed by atoms with Crippen LogP contribution in [0.1, 0.15) is 12.8 Å². The van der Waals surface area contributed by atoms with Gasteiger partial charge in [-0.2, -0.15) is 0 Å². The molecule has 2 heteroatoms. The van der Waals surface area contributed by atoms with Crippen molar-refractivity contribution in [3.63, 3.8) is 0 Å². The summed E-state index contributed by atoms with van der Waals surface area (Å²) in [5, 5.41) is 8.68. The Hall–Kier alpha value is -0.860. The number of epoxide rings is 1. The molecule has 0 radical (unpaired) electrons. The summed E-state index contributed by atoms with van der Waals surface area (Å²) in [5.74, 6) is 0. The second-order valence-electron chi connectivity index (χ2n) is 3.00. The first-order valence-electron chi connectivity index (χ1n) is 4.57. The number of hydrogen-bond donors (Lipinski definition) is 1. The van der Waals surface area contributed by atoms with Crippen LogP contribution < -0.4 is 0 Å². The lowest BCUT2D eigenvalue weighted by molar-refractivity contribution is 0.242. The molecular weight excluding hydrogens is 164 g/mol. The molecule has 1 saturated heterocycles. The third-order valence-electron chi connectivity index (χ3n) is 1.95. The molecule has 0 spiro atoms. The van der Waals surface area contributed by atoms with Crippen molar-refractivity contribution in [2.75, 3.05) is 6.61 Å². The van der Waals surface area contributed by atoms with Crippen molar-refractivity contribution in [2.24, 2.45) is 0 Å². The highest BCUT2D eigenvalue weighted by Gasteiger charge is 2.36. The number of aliphatic hydroxyl groups excluding tert-OH is 1. The van der Waals surface area contributed by atoms with Crippen LogP contribution in [0.4, 0.5) is 0 Å². The molecule has 2 nitrogen and oxygen atoms in total. The lowest BCUT2D eigenvalue weighted by Gasteiger charge is -1.84. The molecule has 72 valence electrons. The summed E-state index contributed by atoms with van der Waals surface area (Å²) >= 11 is 0. The predicted molar refractivity (Wildman–Crippen MR) is 53.5 cm³/mol. The second-order valence-corrected chi connectivity index (χ2v) is 3.00. The van der Waals surface area contributed by atoms with E-state index in [1.807, 2.05) is 12.2 Å². The van der Waals surface area contributed by atoms with Crippen molar-refractivity contribution in [2.45, 2.75) is 25.0 Å². The van der Waals surface area contributed by atoms with Gasteiger partial charge < -0.3 is 9.84 Å². The van der Waals surface area contributed by atoms with Gasteiger partial charge in [0.15, 0.2) is 0 Å². The number of ether oxygens (including phenoxy) is 1. The maximum Gasteiger partial charge on any atom is 0.107 e. The summed E-state index contributed by atoms with van der Waals surface area (Å²) in [6.45, 7) is 3.73. The molecule has 1 rings (SSSR count). The third-order valence-corrected chi connectivity index (χ3v) is 1.95. The summed E-state index contributed by atoms with van der Waals surface area (Å²) in [4.78, 5) is 0. The smallest absolute Gasteiger partial charge is 0.107 e. The molecule has 1 aliphatic heterocycles. The van der Waals surface area contributed by atoms with Crippen molar-refractivity contribution < 1.29 is 9.84 Å². The van der Waals surface area contributed by atoms with Gasteiger partial charge in [-0.3, -0.25) is 0 Å². The van der Waals surface area contributed by atoms with Crippen LogP contribution in [0, 0.1) is 0 Å². The van der Waals surface area contributed by atoms with Crippen molar-refractivity contribution >= 4 is 0 Å². The first-order valence-corrected chi connectivity index (χ1v) is 4.57. The Morgan fingerprint density at radius 2 is 2.08 bits per heavy atom. The van der Waals surface area contributed by atoms with Crippen LogP contribution in [0.2, 0.25) is 0 Å². The monoisotopic (exact) mass is 180 g/mol. The Kier molecular flexibility index (Phi) is 4.50. The number of hydrogen-bond acceptors (Lipinski definition) is 2. The Balaban J connectivity index is 1.99. The Bertz CT molecular complexity index is 206. The van der Waals surface area contributed by atoms with E-state index in [0.29, 0.717) is 0 Å². The second kappa shape index (κ2) is 5.73. The first kappa shape index (κ1) is 10.2. The van der Waals surface area contributed by atoms with Crippen LogP contribution in [-0.2, 0) is 4.74 Å². The van der Waals surface area contributed by atoms with Gasteiger partial charge >= 0.3 is 0 Å². The van der Waals surface area contributed by atoms with Crippen molar-refractivity contribution in [1.29, 1.82) is 0 Å². The molecule has 1 N–H and O–H groups in total. The predicted octanol–water partition coefficient (Wildman–Crippen LogP) is 1.82. The highest BCUT2D eigenvalue weighted by atomic mass is 16.6. The summed E-state index contributed by atoms with van der Waals surface area (Å²) in [7, 11) is 0. The van der Waals surface area contributed by atoms with Gasteiger partial charge in [0.05, 0.1) is 12.7 Å². The van der Waals surface area contributed by atoms with E-state index >= 15 is 0 Å².